The van der Waals surface area contributed by atoms with Gasteiger partial charge in [0.2, 0.25) is 0 Å². The number of hydrogen-bond donors (Lipinski definition) is 1. The molecule has 0 radical (unpaired) electrons. The molecule has 15 heavy (non-hydrogen) atoms. The lowest BCUT2D eigenvalue weighted by atomic mass is 10.1. The summed E-state index contributed by atoms with van der Waals surface area (Å²) < 4.78 is 5.33. The molecule has 1 aliphatic rings. The van der Waals surface area contributed by atoms with E-state index in [2.05, 4.69) is 24.1 Å². The summed E-state index contributed by atoms with van der Waals surface area (Å²) in [7, 11) is 1.79. The number of piperidine rings is 1. The number of nitrogens with one attached hydrogen (secondary N) is 1. The van der Waals surface area contributed by atoms with Crippen molar-refractivity contribution in [1.29, 1.82) is 0 Å². The number of nitrogens with zero attached hydrogens (tertiary/aromatic N) is 1. The van der Waals surface area contributed by atoms with Gasteiger partial charge in [-0.2, -0.15) is 0 Å². The van der Waals surface area contributed by atoms with Crippen LogP contribution in [-0.4, -0.2) is 42.9 Å². The molecular weight excluding hydrogens is 208 g/mol. The normalized spacial score (nSPS) is 18.3. The van der Waals surface area contributed by atoms with Crippen LogP contribution in [0.25, 0.3) is 0 Å². The Morgan fingerprint density at radius 1 is 1.47 bits per heavy atom. The van der Waals surface area contributed by atoms with Gasteiger partial charge in [0, 0.05) is 26.7 Å². The van der Waals surface area contributed by atoms with Crippen molar-refractivity contribution >= 4 is 17.3 Å². The maximum Gasteiger partial charge on any atom is 0.168 e. The van der Waals surface area contributed by atoms with E-state index in [1.807, 2.05) is 0 Å². The first-order valence-corrected chi connectivity index (χ1v) is 6.10. The average molecular weight is 230 g/mol. The van der Waals surface area contributed by atoms with Gasteiger partial charge >= 0.3 is 0 Å². The topological polar surface area (TPSA) is 24.5 Å². The van der Waals surface area contributed by atoms with Gasteiger partial charge in [-0.05, 0) is 31.0 Å². The molecule has 1 saturated heterocycles. The third-order valence-corrected chi connectivity index (χ3v) is 3.13. The van der Waals surface area contributed by atoms with Crippen LogP contribution in [0.2, 0.25) is 0 Å². The standard InChI is InChI=1S/C11H22N2OS/c1-9(2)8-12-11(15)13-6-4-10(14-3)5-7-13/h9-10H,4-8H2,1-3H3,(H,12,15). The van der Waals surface area contributed by atoms with Crippen LogP contribution in [0.4, 0.5) is 0 Å². The van der Waals surface area contributed by atoms with E-state index in [0.717, 1.165) is 37.6 Å². The van der Waals surface area contributed by atoms with Crippen molar-refractivity contribution in [3.05, 3.63) is 0 Å². The van der Waals surface area contributed by atoms with Gasteiger partial charge in [0.1, 0.15) is 0 Å². The van der Waals surface area contributed by atoms with E-state index in [1.54, 1.807) is 7.11 Å². The predicted molar refractivity (Wildman–Crippen MR) is 67.0 cm³/mol. The number of methoxy groups -OCH3 is 1. The largest absolute Gasteiger partial charge is 0.381 e. The molecule has 0 amide bonds. The minimum absolute atomic E-state index is 0.425. The second-order valence-electron chi connectivity index (χ2n) is 4.50. The zero-order chi connectivity index (χ0) is 11.3. The van der Waals surface area contributed by atoms with Crippen molar-refractivity contribution in [3.63, 3.8) is 0 Å². The molecule has 0 bridgehead atoms. The molecule has 0 aromatic rings. The summed E-state index contributed by atoms with van der Waals surface area (Å²) in [5.74, 6) is 0.638. The van der Waals surface area contributed by atoms with Crippen molar-refractivity contribution in [3.8, 4) is 0 Å². The first-order valence-electron chi connectivity index (χ1n) is 5.69. The van der Waals surface area contributed by atoms with Gasteiger partial charge in [0.25, 0.3) is 0 Å². The Morgan fingerprint density at radius 3 is 2.53 bits per heavy atom. The van der Waals surface area contributed by atoms with Crippen LogP contribution in [0.3, 0.4) is 0 Å². The highest BCUT2D eigenvalue weighted by Crippen LogP contribution is 2.12. The second kappa shape index (κ2) is 6.28. The fourth-order valence-corrected chi connectivity index (χ4v) is 1.96. The van der Waals surface area contributed by atoms with Crippen LogP contribution in [-0.2, 0) is 4.74 Å². The molecule has 0 aliphatic carbocycles. The highest BCUT2D eigenvalue weighted by atomic mass is 32.1. The molecular formula is C11H22N2OS. The molecule has 3 nitrogen and oxygen atoms in total. The molecule has 1 N–H and O–H groups in total. The Bertz CT molecular complexity index is 201. The van der Waals surface area contributed by atoms with E-state index >= 15 is 0 Å². The Hall–Kier alpha value is -0.350. The molecule has 1 aliphatic heterocycles. The molecule has 0 atom stereocenters. The molecule has 0 aromatic heterocycles. The summed E-state index contributed by atoms with van der Waals surface area (Å²) in [6.45, 7) is 7.37. The number of ether oxygens (including phenoxy) is 1. The van der Waals surface area contributed by atoms with Gasteiger partial charge in [0.15, 0.2) is 5.11 Å². The third kappa shape index (κ3) is 4.34. The highest BCUT2D eigenvalue weighted by Gasteiger charge is 2.20. The van der Waals surface area contributed by atoms with Crippen LogP contribution in [0.15, 0.2) is 0 Å². The Labute approximate surface area is 98.2 Å². The predicted octanol–water partition coefficient (Wildman–Crippen LogP) is 1.63. The second-order valence-corrected chi connectivity index (χ2v) is 4.89. The molecule has 0 aromatic carbocycles. The summed E-state index contributed by atoms with van der Waals surface area (Å²) >= 11 is 5.34. The van der Waals surface area contributed by atoms with E-state index < -0.39 is 0 Å². The fraction of sp³-hybridized carbons (Fsp3) is 0.909. The van der Waals surface area contributed by atoms with Gasteiger partial charge in [-0.1, -0.05) is 13.8 Å². The van der Waals surface area contributed by atoms with Gasteiger partial charge in [-0.15, -0.1) is 0 Å². The molecule has 0 saturated carbocycles. The lowest BCUT2D eigenvalue weighted by molar-refractivity contribution is 0.0576. The molecule has 1 fully saturated rings. The first-order chi connectivity index (χ1) is 7.13. The Morgan fingerprint density at radius 2 is 2.07 bits per heavy atom. The van der Waals surface area contributed by atoms with E-state index in [0.29, 0.717) is 12.0 Å². The quantitative estimate of drug-likeness (QED) is 0.745. The zero-order valence-electron chi connectivity index (χ0n) is 9.95. The summed E-state index contributed by atoms with van der Waals surface area (Å²) in [5, 5.41) is 4.20. The lowest BCUT2D eigenvalue weighted by Crippen LogP contribution is -2.46. The molecule has 1 rings (SSSR count). The minimum atomic E-state index is 0.425. The summed E-state index contributed by atoms with van der Waals surface area (Å²) in [4.78, 5) is 2.24. The SMILES string of the molecule is COC1CCN(C(=S)NCC(C)C)CC1. The van der Waals surface area contributed by atoms with Crippen LogP contribution < -0.4 is 5.32 Å². The van der Waals surface area contributed by atoms with Crippen molar-refractivity contribution < 1.29 is 4.74 Å². The third-order valence-electron chi connectivity index (χ3n) is 2.72. The smallest absolute Gasteiger partial charge is 0.168 e. The Kier molecular flexibility index (Phi) is 5.32. The first kappa shape index (κ1) is 12.7. The Balaban J connectivity index is 2.24. The van der Waals surface area contributed by atoms with Gasteiger partial charge in [-0.3, -0.25) is 0 Å². The van der Waals surface area contributed by atoms with Gasteiger partial charge in [0.05, 0.1) is 6.10 Å². The van der Waals surface area contributed by atoms with Crippen molar-refractivity contribution in [2.45, 2.75) is 32.8 Å². The molecule has 88 valence electrons. The van der Waals surface area contributed by atoms with Crippen molar-refractivity contribution in [2.24, 2.45) is 5.92 Å². The van der Waals surface area contributed by atoms with Crippen molar-refractivity contribution in [2.75, 3.05) is 26.7 Å². The monoisotopic (exact) mass is 230 g/mol. The van der Waals surface area contributed by atoms with E-state index in [9.17, 15) is 0 Å². The number of thiocarbonyl (C=S) groups is 1. The number of rotatable bonds is 3. The van der Waals surface area contributed by atoms with Gasteiger partial charge in [-0.25, -0.2) is 0 Å². The van der Waals surface area contributed by atoms with E-state index in [4.69, 9.17) is 17.0 Å². The lowest BCUT2D eigenvalue weighted by Gasteiger charge is -2.33. The highest BCUT2D eigenvalue weighted by molar-refractivity contribution is 7.80. The minimum Gasteiger partial charge on any atom is -0.381 e. The van der Waals surface area contributed by atoms with Gasteiger partial charge < -0.3 is 15.0 Å². The van der Waals surface area contributed by atoms with E-state index in [1.165, 1.54) is 0 Å². The summed E-state index contributed by atoms with van der Waals surface area (Å²) in [6.07, 6.45) is 2.59. The van der Waals surface area contributed by atoms with Crippen LogP contribution >= 0.6 is 12.2 Å². The summed E-state index contributed by atoms with van der Waals surface area (Å²) in [5.41, 5.74) is 0. The molecule has 1 heterocycles. The fourth-order valence-electron chi connectivity index (χ4n) is 1.70. The maximum atomic E-state index is 5.34. The van der Waals surface area contributed by atoms with Crippen LogP contribution in [0, 0.1) is 5.92 Å². The average Bonchev–Trinajstić information content (AvgIpc) is 2.26. The van der Waals surface area contributed by atoms with E-state index in [-0.39, 0.29) is 0 Å². The van der Waals surface area contributed by atoms with Crippen LogP contribution in [0.1, 0.15) is 26.7 Å². The zero-order valence-corrected chi connectivity index (χ0v) is 10.8. The van der Waals surface area contributed by atoms with Crippen molar-refractivity contribution in [1.82, 2.24) is 10.2 Å². The molecule has 0 spiro atoms. The number of likely N-dealkylation sites (tertiary alicyclic amines) is 1. The molecule has 4 heteroatoms. The maximum absolute atomic E-state index is 5.34. The van der Waals surface area contributed by atoms with Crippen LogP contribution in [0.5, 0.6) is 0 Å². The molecule has 0 unspecified atom stereocenters. The summed E-state index contributed by atoms with van der Waals surface area (Å²) in [6, 6.07) is 0. The number of hydrogen-bond acceptors (Lipinski definition) is 2.